The maximum atomic E-state index is 2.49. The molecule has 1 aliphatic rings. The summed E-state index contributed by atoms with van der Waals surface area (Å²) in [7, 11) is 0. The van der Waals surface area contributed by atoms with Crippen LogP contribution in [0.25, 0.3) is 106 Å². The van der Waals surface area contributed by atoms with Crippen molar-refractivity contribution < 1.29 is 0 Å². The van der Waals surface area contributed by atoms with Gasteiger partial charge in [0.05, 0.1) is 9.40 Å². The summed E-state index contributed by atoms with van der Waals surface area (Å²) in [6.07, 6.45) is 0. The first-order valence-corrected chi connectivity index (χ1v) is 20.7. The largest absolute Gasteiger partial charge is 0.134 e. The van der Waals surface area contributed by atoms with Crippen molar-refractivity contribution in [3.8, 4) is 44.5 Å². The van der Waals surface area contributed by atoms with Gasteiger partial charge in [-0.3, -0.25) is 0 Å². The lowest BCUT2D eigenvalue weighted by Gasteiger charge is -2.23. The third kappa shape index (κ3) is 4.44. The smallest absolute Gasteiger partial charge is 0.0534 e. The van der Waals surface area contributed by atoms with Crippen molar-refractivity contribution >= 4 is 84.6 Å². The number of hydrogen-bond acceptors (Lipinski definition) is 2. The molecule has 2 heteroatoms. The zero-order valence-corrected chi connectivity index (χ0v) is 32.1. The highest BCUT2D eigenvalue weighted by molar-refractivity contribution is 7.33. The summed E-state index contributed by atoms with van der Waals surface area (Å²) in [6, 6.07) is 63.8. The van der Waals surface area contributed by atoms with E-state index in [1.54, 1.807) is 0 Å². The minimum Gasteiger partial charge on any atom is -0.134 e. The molecule has 0 amide bonds. The van der Waals surface area contributed by atoms with E-state index in [9.17, 15) is 0 Å². The molecule has 9 aromatic carbocycles. The molecule has 2 aromatic heterocycles. The van der Waals surface area contributed by atoms with Crippen LogP contribution in [0.1, 0.15) is 25.0 Å². The van der Waals surface area contributed by atoms with Gasteiger partial charge in [-0.2, -0.15) is 0 Å². The predicted molar refractivity (Wildman–Crippen MR) is 241 cm³/mol. The van der Waals surface area contributed by atoms with Crippen molar-refractivity contribution in [3.63, 3.8) is 0 Å². The van der Waals surface area contributed by atoms with Crippen LogP contribution in [0.5, 0.6) is 0 Å². The van der Waals surface area contributed by atoms with Crippen LogP contribution in [-0.2, 0) is 5.41 Å². The van der Waals surface area contributed by atoms with Crippen molar-refractivity contribution in [2.24, 2.45) is 0 Å². The molecular formula is C53H34S2. The number of rotatable bonds is 3. The average Bonchev–Trinajstić information content (AvgIpc) is 3.87. The molecule has 0 nitrogen and oxygen atoms in total. The minimum atomic E-state index is -0.125. The van der Waals surface area contributed by atoms with E-state index >= 15 is 0 Å². The van der Waals surface area contributed by atoms with Gasteiger partial charge in [-0.25, -0.2) is 0 Å². The second-order valence-corrected chi connectivity index (χ2v) is 17.7. The highest BCUT2D eigenvalue weighted by atomic mass is 32.1. The van der Waals surface area contributed by atoms with Crippen molar-refractivity contribution in [1.29, 1.82) is 0 Å². The second kappa shape index (κ2) is 11.5. The van der Waals surface area contributed by atoms with Gasteiger partial charge in [0, 0.05) is 36.4 Å². The molecule has 55 heavy (non-hydrogen) atoms. The molecule has 0 atom stereocenters. The molecule has 0 fully saturated rings. The molecule has 258 valence electrons. The zero-order chi connectivity index (χ0) is 36.4. The Kier molecular flexibility index (Phi) is 6.53. The lowest BCUT2D eigenvalue weighted by Crippen LogP contribution is -2.15. The first-order valence-electron chi connectivity index (χ1n) is 19.1. The van der Waals surface area contributed by atoms with Gasteiger partial charge in [0.15, 0.2) is 0 Å². The van der Waals surface area contributed by atoms with E-state index in [4.69, 9.17) is 0 Å². The molecule has 0 aliphatic heterocycles. The fraction of sp³-hybridized carbons (Fsp3) is 0.0566. The summed E-state index contributed by atoms with van der Waals surface area (Å²) in [5.74, 6) is 0. The summed E-state index contributed by atoms with van der Waals surface area (Å²) in [4.78, 5) is 0. The number of fused-ring (bicyclic) bond motifs is 12. The average molecular weight is 735 g/mol. The van der Waals surface area contributed by atoms with Crippen LogP contribution in [0.15, 0.2) is 170 Å². The van der Waals surface area contributed by atoms with Gasteiger partial charge in [0.25, 0.3) is 0 Å². The van der Waals surface area contributed by atoms with E-state index < -0.39 is 0 Å². The van der Waals surface area contributed by atoms with Gasteiger partial charge in [0.2, 0.25) is 0 Å². The van der Waals surface area contributed by atoms with Gasteiger partial charge < -0.3 is 0 Å². The van der Waals surface area contributed by atoms with E-state index in [1.165, 1.54) is 118 Å². The standard InChI is InChI=1S/C53H34S2/c1-53(2)45-27-22-32(33-20-24-37-43-26-25-42-36-14-10-11-19-47(36)54-51(42)52(43)55-48(37)30-33)28-44(45)35-23-21-34(29-46(35)53)50-40-17-8-6-15-38(40)49(31-12-4-3-5-13-31)39-16-7-9-18-41(39)50/h3-30H,1-2H3. The van der Waals surface area contributed by atoms with Gasteiger partial charge in [0.1, 0.15) is 0 Å². The van der Waals surface area contributed by atoms with E-state index in [2.05, 4.69) is 184 Å². The summed E-state index contributed by atoms with van der Waals surface area (Å²) >= 11 is 3.86. The quantitative estimate of drug-likeness (QED) is 0.159. The van der Waals surface area contributed by atoms with Crippen molar-refractivity contribution in [1.82, 2.24) is 0 Å². The maximum Gasteiger partial charge on any atom is 0.0534 e. The minimum absolute atomic E-state index is 0.125. The summed E-state index contributed by atoms with van der Waals surface area (Å²) < 4.78 is 5.52. The molecule has 0 saturated carbocycles. The fourth-order valence-electron chi connectivity index (χ4n) is 9.64. The molecular weight excluding hydrogens is 701 g/mol. The highest BCUT2D eigenvalue weighted by Crippen LogP contribution is 2.53. The lowest BCUT2D eigenvalue weighted by atomic mass is 9.80. The van der Waals surface area contributed by atoms with Crippen LogP contribution in [0, 0.1) is 0 Å². The van der Waals surface area contributed by atoms with Crippen LogP contribution >= 0.6 is 22.7 Å². The van der Waals surface area contributed by atoms with Gasteiger partial charge in [-0.15, -0.1) is 22.7 Å². The molecule has 12 rings (SSSR count). The topological polar surface area (TPSA) is 0 Å². The summed E-state index contributed by atoms with van der Waals surface area (Å²) in [6.45, 7) is 4.79. The third-order valence-electron chi connectivity index (χ3n) is 12.3. The molecule has 0 bridgehead atoms. The number of hydrogen-bond donors (Lipinski definition) is 0. The molecule has 2 heterocycles. The Morgan fingerprint density at radius 1 is 0.327 bits per heavy atom. The first kappa shape index (κ1) is 31.3. The Bertz CT molecular complexity index is 3340. The third-order valence-corrected chi connectivity index (χ3v) is 14.8. The Labute approximate surface area is 327 Å². The Hall–Kier alpha value is -6.06. The molecule has 11 aromatic rings. The summed E-state index contributed by atoms with van der Waals surface area (Å²) in [5.41, 5.74) is 13.0. The van der Waals surface area contributed by atoms with Gasteiger partial charge in [-0.05, 0) is 101 Å². The van der Waals surface area contributed by atoms with E-state index in [0.29, 0.717) is 0 Å². The SMILES string of the molecule is CC1(C)c2ccc(-c3ccc4c(c3)sc3c4ccc4c5ccccc5sc43)cc2-c2ccc(-c3c4ccccc4c(-c4ccccc4)c4ccccc34)cc21. The van der Waals surface area contributed by atoms with Crippen LogP contribution in [-0.4, -0.2) is 0 Å². The summed E-state index contributed by atoms with van der Waals surface area (Å²) in [5, 5.41) is 10.6. The fourth-order valence-corrected chi connectivity index (χ4v) is 12.2. The predicted octanol–water partition coefficient (Wildman–Crippen LogP) is 16.0. The molecule has 0 saturated heterocycles. The number of thiophene rings is 2. The zero-order valence-electron chi connectivity index (χ0n) is 30.5. The Morgan fingerprint density at radius 2 is 0.836 bits per heavy atom. The maximum absolute atomic E-state index is 2.49. The molecule has 1 aliphatic carbocycles. The van der Waals surface area contributed by atoms with E-state index in [-0.39, 0.29) is 5.41 Å². The van der Waals surface area contributed by atoms with Crippen LogP contribution in [0.4, 0.5) is 0 Å². The van der Waals surface area contributed by atoms with Gasteiger partial charge >= 0.3 is 0 Å². The highest BCUT2D eigenvalue weighted by Gasteiger charge is 2.36. The van der Waals surface area contributed by atoms with Crippen molar-refractivity contribution in [2.45, 2.75) is 19.3 Å². The first-order chi connectivity index (χ1) is 27.0. The second-order valence-electron chi connectivity index (χ2n) is 15.6. The van der Waals surface area contributed by atoms with Crippen molar-refractivity contribution in [3.05, 3.63) is 181 Å². The monoisotopic (exact) mass is 734 g/mol. The van der Waals surface area contributed by atoms with Crippen LogP contribution in [0.2, 0.25) is 0 Å². The van der Waals surface area contributed by atoms with E-state index in [0.717, 1.165) is 0 Å². The van der Waals surface area contributed by atoms with Crippen molar-refractivity contribution in [2.75, 3.05) is 0 Å². The van der Waals surface area contributed by atoms with E-state index in [1.807, 2.05) is 22.7 Å². The normalized spacial score (nSPS) is 13.4. The Balaban J connectivity index is 0.995. The van der Waals surface area contributed by atoms with Crippen LogP contribution < -0.4 is 0 Å². The molecule has 0 radical (unpaired) electrons. The molecule has 0 spiro atoms. The Morgan fingerprint density at radius 3 is 1.53 bits per heavy atom. The lowest BCUT2D eigenvalue weighted by molar-refractivity contribution is 0.660. The van der Waals surface area contributed by atoms with Crippen LogP contribution in [0.3, 0.4) is 0 Å². The van der Waals surface area contributed by atoms with Gasteiger partial charge in [-0.1, -0.05) is 159 Å². The molecule has 0 N–H and O–H groups in total. The number of benzene rings is 9. The molecule has 0 unspecified atom stereocenters.